The summed E-state index contributed by atoms with van der Waals surface area (Å²) in [5.74, 6) is -0.183. The van der Waals surface area contributed by atoms with Crippen LogP contribution in [0, 0.1) is 6.92 Å². The monoisotopic (exact) mass is 363 g/mol. The van der Waals surface area contributed by atoms with Crippen LogP contribution in [-0.4, -0.2) is 40.5 Å². The lowest BCUT2D eigenvalue weighted by Crippen LogP contribution is -2.30. The number of aromatic nitrogens is 3. The molecule has 0 spiro atoms. The molecule has 1 aromatic heterocycles. The van der Waals surface area contributed by atoms with Gasteiger partial charge in [0, 0.05) is 25.3 Å². The minimum atomic E-state index is -0.183. The van der Waals surface area contributed by atoms with Crippen molar-refractivity contribution in [1.82, 2.24) is 20.3 Å². The molecular weight excluding hydrogens is 338 g/mol. The van der Waals surface area contributed by atoms with Gasteiger partial charge in [0.25, 0.3) is 5.91 Å². The molecule has 0 aliphatic carbocycles. The van der Waals surface area contributed by atoms with E-state index in [2.05, 4.69) is 39.5 Å². The Hall–Kier alpha value is -3.15. The quantitative estimate of drug-likeness (QED) is 0.624. The van der Waals surface area contributed by atoms with E-state index in [9.17, 15) is 4.79 Å². The Kier molecular flexibility index (Phi) is 6.20. The third-order valence-electron chi connectivity index (χ3n) is 4.38. The number of para-hydroxylation sites is 2. The Morgan fingerprint density at radius 1 is 1.04 bits per heavy atom. The average molecular weight is 363 g/mol. The Morgan fingerprint density at radius 3 is 2.37 bits per heavy atom. The molecule has 0 aliphatic heterocycles. The van der Waals surface area contributed by atoms with Crippen molar-refractivity contribution < 1.29 is 4.79 Å². The second-order valence-corrected chi connectivity index (χ2v) is 6.28. The van der Waals surface area contributed by atoms with E-state index in [-0.39, 0.29) is 5.91 Å². The number of anilines is 1. The summed E-state index contributed by atoms with van der Waals surface area (Å²) in [6.45, 7) is 6.35. The molecule has 0 atom stereocenters. The molecule has 6 heteroatoms. The van der Waals surface area contributed by atoms with E-state index in [1.807, 2.05) is 48.5 Å². The summed E-state index contributed by atoms with van der Waals surface area (Å²) in [7, 11) is 0. The largest absolute Gasteiger partial charge is 0.372 e. The van der Waals surface area contributed by atoms with Crippen LogP contribution in [0.25, 0.3) is 5.69 Å². The lowest BCUT2D eigenvalue weighted by molar-refractivity contribution is 0.0947. The van der Waals surface area contributed by atoms with Crippen molar-refractivity contribution in [2.24, 2.45) is 0 Å². The van der Waals surface area contributed by atoms with Crippen LogP contribution in [0.2, 0.25) is 0 Å². The number of carbonyl (C=O) groups excluding carboxylic acids is 1. The summed E-state index contributed by atoms with van der Waals surface area (Å²) in [6.07, 6.45) is 0.861. The highest BCUT2D eigenvalue weighted by Crippen LogP contribution is 2.13. The maximum absolute atomic E-state index is 12.5. The van der Waals surface area contributed by atoms with E-state index in [1.54, 1.807) is 6.92 Å². The van der Waals surface area contributed by atoms with Crippen molar-refractivity contribution in [3.05, 3.63) is 72.1 Å². The smallest absolute Gasteiger partial charge is 0.273 e. The van der Waals surface area contributed by atoms with Gasteiger partial charge in [-0.15, -0.1) is 5.10 Å². The predicted octanol–water partition coefficient (Wildman–Crippen LogP) is 3.22. The van der Waals surface area contributed by atoms with Gasteiger partial charge >= 0.3 is 0 Å². The van der Waals surface area contributed by atoms with Gasteiger partial charge in [0.15, 0.2) is 5.69 Å². The first kappa shape index (κ1) is 18.6. The first-order chi connectivity index (χ1) is 13.2. The summed E-state index contributed by atoms with van der Waals surface area (Å²) in [5, 5.41) is 11.6. The van der Waals surface area contributed by atoms with Crippen molar-refractivity contribution in [1.29, 1.82) is 0 Å². The van der Waals surface area contributed by atoms with Crippen LogP contribution >= 0.6 is 0 Å². The fourth-order valence-electron chi connectivity index (χ4n) is 2.93. The van der Waals surface area contributed by atoms with Crippen molar-refractivity contribution >= 4 is 11.6 Å². The number of hydrogen-bond donors (Lipinski definition) is 1. The molecule has 0 bridgehead atoms. The van der Waals surface area contributed by atoms with Gasteiger partial charge in [-0.2, -0.15) is 9.90 Å². The van der Waals surface area contributed by atoms with Crippen molar-refractivity contribution in [3.8, 4) is 5.69 Å². The van der Waals surface area contributed by atoms with Gasteiger partial charge in [-0.1, -0.05) is 36.4 Å². The molecule has 0 radical (unpaired) electrons. The second kappa shape index (κ2) is 8.98. The molecule has 3 rings (SSSR count). The number of nitrogens with zero attached hydrogens (tertiary/aromatic N) is 4. The number of benzene rings is 2. The number of carbonyl (C=O) groups is 1. The molecule has 0 saturated carbocycles. The Bertz CT molecular complexity index is 861. The Balaban J connectivity index is 1.53. The summed E-state index contributed by atoms with van der Waals surface area (Å²) in [6, 6.07) is 19.9. The van der Waals surface area contributed by atoms with Gasteiger partial charge in [0.05, 0.1) is 11.4 Å². The van der Waals surface area contributed by atoms with Crippen molar-refractivity contribution in [3.63, 3.8) is 0 Å². The van der Waals surface area contributed by atoms with Crippen LogP contribution in [0.15, 0.2) is 60.7 Å². The van der Waals surface area contributed by atoms with E-state index < -0.39 is 0 Å². The van der Waals surface area contributed by atoms with Gasteiger partial charge in [0.1, 0.15) is 0 Å². The molecule has 1 heterocycles. The summed E-state index contributed by atoms with van der Waals surface area (Å²) < 4.78 is 0. The molecule has 0 saturated heterocycles. The van der Waals surface area contributed by atoms with Crippen LogP contribution in [-0.2, 0) is 0 Å². The molecule has 3 aromatic rings. The van der Waals surface area contributed by atoms with Crippen molar-refractivity contribution in [2.45, 2.75) is 20.3 Å². The van der Waals surface area contributed by atoms with Gasteiger partial charge in [-0.05, 0) is 44.5 Å². The highest BCUT2D eigenvalue weighted by molar-refractivity contribution is 5.93. The number of hydrogen-bond acceptors (Lipinski definition) is 4. The minimum Gasteiger partial charge on any atom is -0.372 e. The minimum absolute atomic E-state index is 0.183. The SMILES string of the molecule is CCN(CCCNC(=O)c1nn(-c2ccccc2)nc1C)c1ccccc1. The standard InChI is InChI=1S/C21H25N5O/c1-3-25(18-11-6-4-7-12-18)16-10-15-22-21(27)20-17(2)23-26(24-20)19-13-8-5-9-14-19/h4-9,11-14H,3,10,15-16H2,1-2H3,(H,22,27). The van der Waals surface area contributed by atoms with E-state index in [1.165, 1.54) is 10.5 Å². The van der Waals surface area contributed by atoms with Crippen LogP contribution in [0.1, 0.15) is 29.5 Å². The first-order valence-electron chi connectivity index (χ1n) is 9.26. The average Bonchev–Trinajstić information content (AvgIpc) is 3.11. The molecular formula is C21H25N5O. The van der Waals surface area contributed by atoms with Crippen LogP contribution < -0.4 is 10.2 Å². The number of amides is 1. The molecule has 140 valence electrons. The topological polar surface area (TPSA) is 63.1 Å². The second-order valence-electron chi connectivity index (χ2n) is 6.28. The fourth-order valence-corrected chi connectivity index (χ4v) is 2.93. The molecule has 27 heavy (non-hydrogen) atoms. The van der Waals surface area contributed by atoms with E-state index in [0.29, 0.717) is 17.9 Å². The lowest BCUT2D eigenvalue weighted by atomic mass is 10.2. The predicted molar refractivity (Wildman–Crippen MR) is 107 cm³/mol. The zero-order valence-corrected chi connectivity index (χ0v) is 15.8. The molecule has 0 aliphatic rings. The molecule has 1 amide bonds. The summed E-state index contributed by atoms with van der Waals surface area (Å²) in [5.41, 5.74) is 3.03. The highest BCUT2D eigenvalue weighted by atomic mass is 16.2. The van der Waals surface area contributed by atoms with Crippen molar-refractivity contribution in [2.75, 3.05) is 24.5 Å². The van der Waals surface area contributed by atoms with Gasteiger partial charge < -0.3 is 10.2 Å². The third-order valence-corrected chi connectivity index (χ3v) is 4.38. The van der Waals surface area contributed by atoms with E-state index >= 15 is 0 Å². The summed E-state index contributed by atoms with van der Waals surface area (Å²) in [4.78, 5) is 16.2. The van der Waals surface area contributed by atoms with Crippen LogP contribution in [0.4, 0.5) is 5.69 Å². The third kappa shape index (κ3) is 4.73. The van der Waals surface area contributed by atoms with Crippen LogP contribution in [0.3, 0.4) is 0 Å². The molecule has 2 aromatic carbocycles. The number of rotatable bonds is 8. The maximum Gasteiger partial charge on any atom is 0.273 e. The highest BCUT2D eigenvalue weighted by Gasteiger charge is 2.16. The van der Waals surface area contributed by atoms with Gasteiger partial charge in [0.2, 0.25) is 0 Å². The molecule has 0 unspecified atom stereocenters. The zero-order valence-electron chi connectivity index (χ0n) is 15.8. The van der Waals surface area contributed by atoms with E-state index in [4.69, 9.17) is 0 Å². The van der Waals surface area contributed by atoms with Crippen LogP contribution in [0.5, 0.6) is 0 Å². The van der Waals surface area contributed by atoms with E-state index in [0.717, 1.165) is 25.2 Å². The Labute approximate surface area is 159 Å². The number of aryl methyl sites for hydroxylation is 1. The zero-order chi connectivity index (χ0) is 19.1. The number of nitrogens with one attached hydrogen (secondary N) is 1. The normalized spacial score (nSPS) is 10.6. The molecule has 1 N–H and O–H groups in total. The molecule has 0 fully saturated rings. The first-order valence-corrected chi connectivity index (χ1v) is 9.26. The Morgan fingerprint density at radius 2 is 1.70 bits per heavy atom. The lowest BCUT2D eigenvalue weighted by Gasteiger charge is -2.23. The maximum atomic E-state index is 12.5. The molecule has 6 nitrogen and oxygen atoms in total. The fraction of sp³-hybridized carbons (Fsp3) is 0.286. The summed E-state index contributed by atoms with van der Waals surface area (Å²) >= 11 is 0. The van der Waals surface area contributed by atoms with Gasteiger partial charge in [-0.25, -0.2) is 0 Å². The van der Waals surface area contributed by atoms with Gasteiger partial charge in [-0.3, -0.25) is 4.79 Å².